The Morgan fingerprint density at radius 3 is 2.50 bits per heavy atom. The first-order valence-electron chi connectivity index (χ1n) is 9.11. The predicted molar refractivity (Wildman–Crippen MR) is 113 cm³/mol. The number of aliphatic hydroxyl groups is 1. The highest BCUT2D eigenvalue weighted by Crippen LogP contribution is 2.29. The van der Waals surface area contributed by atoms with E-state index >= 15 is 0 Å². The van der Waals surface area contributed by atoms with Gasteiger partial charge in [0.05, 0.1) is 18.2 Å². The molecule has 1 aliphatic rings. The van der Waals surface area contributed by atoms with Gasteiger partial charge in [0.25, 0.3) is 0 Å². The molecule has 0 saturated heterocycles. The molecule has 1 aliphatic heterocycles. The molecule has 3 rings (SSSR count). The zero-order valence-electron chi connectivity index (χ0n) is 15.8. The summed E-state index contributed by atoms with van der Waals surface area (Å²) in [5.41, 5.74) is 2.92. The van der Waals surface area contributed by atoms with Crippen LogP contribution in [-0.2, 0) is 9.53 Å². The lowest BCUT2D eigenvalue weighted by Gasteiger charge is -2.34. The van der Waals surface area contributed by atoms with Crippen LogP contribution in [0.15, 0.2) is 76.4 Å². The maximum atomic E-state index is 12.5. The van der Waals surface area contributed by atoms with Crippen molar-refractivity contribution in [3.05, 3.63) is 87.5 Å². The molecule has 146 valence electrons. The second-order valence-corrected chi connectivity index (χ2v) is 7.37. The molecule has 3 N–H and O–H groups in total. The normalized spacial score (nSPS) is 19.9. The van der Waals surface area contributed by atoms with Crippen LogP contribution in [-0.4, -0.2) is 23.8 Å². The molecule has 2 unspecified atom stereocenters. The third-order valence-electron chi connectivity index (χ3n) is 4.50. The van der Waals surface area contributed by atoms with E-state index < -0.39 is 0 Å². The Kier molecular flexibility index (Phi) is 6.54. The number of aliphatic hydroxyl groups excluding tert-OH is 1. The fraction of sp³-hybridized carbons (Fsp3) is 0.227. The second-order valence-electron chi connectivity index (χ2n) is 6.45. The van der Waals surface area contributed by atoms with E-state index in [4.69, 9.17) is 4.74 Å². The largest absolute Gasteiger partial charge is 0.508 e. The first kappa shape index (κ1) is 20.2. The zero-order valence-corrected chi connectivity index (χ0v) is 17.4. The summed E-state index contributed by atoms with van der Waals surface area (Å²) in [4.78, 5) is 12.5. The first-order valence-corrected chi connectivity index (χ1v) is 9.91. The molecule has 0 amide bonds. The molecule has 2 aromatic carbocycles. The summed E-state index contributed by atoms with van der Waals surface area (Å²) in [6.45, 7) is 3.95. The number of hydrogen-bond acceptors (Lipinski definition) is 5. The van der Waals surface area contributed by atoms with Gasteiger partial charge in [-0.1, -0.05) is 58.4 Å². The van der Waals surface area contributed by atoms with E-state index in [1.165, 1.54) is 0 Å². The monoisotopic (exact) mass is 442 g/mol. The predicted octanol–water partition coefficient (Wildman–Crippen LogP) is 4.45. The molecule has 0 radical (unpaired) electrons. The van der Waals surface area contributed by atoms with Gasteiger partial charge in [-0.3, -0.25) is 5.32 Å². The highest BCUT2D eigenvalue weighted by atomic mass is 79.9. The van der Waals surface area contributed by atoms with Crippen LogP contribution in [0.5, 0.6) is 0 Å². The van der Waals surface area contributed by atoms with Crippen molar-refractivity contribution in [1.82, 2.24) is 10.6 Å². The van der Waals surface area contributed by atoms with E-state index in [0.29, 0.717) is 17.7 Å². The van der Waals surface area contributed by atoms with Gasteiger partial charge in [-0.2, -0.15) is 0 Å². The summed E-state index contributed by atoms with van der Waals surface area (Å²) in [6.07, 6.45) is 1.34. The highest BCUT2D eigenvalue weighted by molar-refractivity contribution is 9.10. The summed E-state index contributed by atoms with van der Waals surface area (Å²) in [6, 6.07) is 16.8. The van der Waals surface area contributed by atoms with Crippen LogP contribution in [0.2, 0.25) is 0 Å². The third kappa shape index (κ3) is 4.64. The van der Waals surface area contributed by atoms with E-state index in [2.05, 4.69) is 26.6 Å². The molecule has 0 saturated carbocycles. The number of hydrogen-bond donors (Lipinski definition) is 3. The summed E-state index contributed by atoms with van der Waals surface area (Å²) in [7, 11) is 0. The Labute approximate surface area is 173 Å². The van der Waals surface area contributed by atoms with Crippen LogP contribution < -0.4 is 10.6 Å². The molecule has 28 heavy (non-hydrogen) atoms. The molecular formula is C22H23BrN2O3. The van der Waals surface area contributed by atoms with Crippen molar-refractivity contribution >= 4 is 27.7 Å². The smallest absolute Gasteiger partial charge is 0.337 e. The Hall–Kier alpha value is -2.57. The van der Waals surface area contributed by atoms with Crippen LogP contribution in [0, 0.1) is 0 Å². The Morgan fingerprint density at radius 1 is 1.18 bits per heavy atom. The minimum absolute atomic E-state index is 0.150. The van der Waals surface area contributed by atoms with Gasteiger partial charge in [-0.05, 0) is 37.6 Å². The van der Waals surface area contributed by atoms with Crippen molar-refractivity contribution < 1.29 is 14.6 Å². The van der Waals surface area contributed by atoms with Crippen molar-refractivity contribution in [1.29, 1.82) is 0 Å². The van der Waals surface area contributed by atoms with E-state index in [1.54, 1.807) is 13.0 Å². The Morgan fingerprint density at radius 2 is 1.86 bits per heavy atom. The number of halogens is 1. The number of carbonyl (C=O) groups is 1. The maximum absolute atomic E-state index is 12.5. The number of nitrogens with one attached hydrogen (secondary N) is 2. The number of ether oxygens (including phenoxy) is 1. The van der Waals surface area contributed by atoms with Crippen molar-refractivity contribution in [3.8, 4) is 0 Å². The van der Waals surface area contributed by atoms with Gasteiger partial charge in [-0.25, -0.2) is 4.79 Å². The highest BCUT2D eigenvalue weighted by Gasteiger charge is 2.32. The SMILES string of the molecule is CCOC(=O)C1=C(C)NC(/C=C(\O)c2ccc(Br)cc2)NC1c1ccccc1. The van der Waals surface area contributed by atoms with Crippen molar-refractivity contribution in [3.63, 3.8) is 0 Å². The van der Waals surface area contributed by atoms with Gasteiger partial charge >= 0.3 is 5.97 Å². The van der Waals surface area contributed by atoms with Gasteiger partial charge in [0, 0.05) is 15.7 Å². The van der Waals surface area contributed by atoms with Crippen molar-refractivity contribution in [2.24, 2.45) is 0 Å². The van der Waals surface area contributed by atoms with Crippen LogP contribution in [0.1, 0.15) is 31.0 Å². The first-order chi connectivity index (χ1) is 13.5. The van der Waals surface area contributed by atoms with Crippen LogP contribution >= 0.6 is 15.9 Å². The standard InChI is InChI=1S/C22H23BrN2O3/c1-3-28-22(27)20-14(2)24-19(25-21(20)16-7-5-4-6-8-16)13-18(26)15-9-11-17(23)12-10-15/h4-13,19,21,24-26H,3H2,1-2H3/b18-13-. The number of esters is 1. The average Bonchev–Trinajstić information content (AvgIpc) is 2.68. The number of rotatable bonds is 5. The lowest BCUT2D eigenvalue weighted by atomic mass is 9.94. The average molecular weight is 443 g/mol. The topological polar surface area (TPSA) is 70.6 Å². The molecule has 1 heterocycles. The quantitative estimate of drug-likeness (QED) is 0.471. The fourth-order valence-corrected chi connectivity index (χ4v) is 3.45. The fourth-order valence-electron chi connectivity index (χ4n) is 3.18. The molecule has 0 aromatic heterocycles. The van der Waals surface area contributed by atoms with E-state index in [-0.39, 0.29) is 23.9 Å². The van der Waals surface area contributed by atoms with Crippen LogP contribution in [0.3, 0.4) is 0 Å². The van der Waals surface area contributed by atoms with Gasteiger partial charge in [-0.15, -0.1) is 0 Å². The van der Waals surface area contributed by atoms with E-state index in [9.17, 15) is 9.90 Å². The number of benzene rings is 2. The third-order valence-corrected chi connectivity index (χ3v) is 5.03. The molecular weight excluding hydrogens is 420 g/mol. The molecule has 6 heteroatoms. The Bertz CT molecular complexity index is 892. The van der Waals surface area contributed by atoms with Gasteiger partial charge in [0.1, 0.15) is 11.9 Å². The minimum atomic E-state index is -0.355. The van der Waals surface area contributed by atoms with Crippen molar-refractivity contribution in [2.45, 2.75) is 26.1 Å². The molecule has 0 aliphatic carbocycles. The summed E-state index contributed by atoms with van der Waals surface area (Å²) in [5.74, 6) is -0.204. The molecule has 2 atom stereocenters. The van der Waals surface area contributed by atoms with Gasteiger partial charge in [0.2, 0.25) is 0 Å². The van der Waals surface area contributed by atoms with Crippen LogP contribution in [0.4, 0.5) is 0 Å². The second kappa shape index (κ2) is 9.08. The van der Waals surface area contributed by atoms with Gasteiger partial charge in [0.15, 0.2) is 0 Å². The van der Waals surface area contributed by atoms with Crippen molar-refractivity contribution in [2.75, 3.05) is 6.61 Å². The minimum Gasteiger partial charge on any atom is -0.508 e. The maximum Gasteiger partial charge on any atom is 0.337 e. The van der Waals surface area contributed by atoms with E-state index in [1.807, 2.05) is 61.5 Å². The summed E-state index contributed by atoms with van der Waals surface area (Å²) in [5, 5.41) is 17.1. The molecule has 0 bridgehead atoms. The molecule has 5 nitrogen and oxygen atoms in total. The molecule has 0 spiro atoms. The van der Waals surface area contributed by atoms with Gasteiger partial charge < -0.3 is 15.2 Å². The molecule has 0 fully saturated rings. The number of carbonyl (C=O) groups excluding carboxylic acids is 1. The van der Waals surface area contributed by atoms with E-state index in [0.717, 1.165) is 15.7 Å². The lowest BCUT2D eigenvalue weighted by molar-refractivity contribution is -0.139. The molecule has 2 aromatic rings. The Balaban J connectivity index is 1.93. The summed E-state index contributed by atoms with van der Waals surface area (Å²) >= 11 is 3.39. The van der Waals surface area contributed by atoms with Crippen LogP contribution in [0.25, 0.3) is 5.76 Å². The number of allylic oxidation sites excluding steroid dienone is 1. The zero-order chi connectivity index (χ0) is 20.1. The summed E-state index contributed by atoms with van der Waals surface area (Å²) < 4.78 is 6.20. The lowest BCUT2D eigenvalue weighted by Crippen LogP contribution is -2.49.